The summed E-state index contributed by atoms with van der Waals surface area (Å²) in [6, 6.07) is 0. The van der Waals surface area contributed by atoms with Gasteiger partial charge in [0.1, 0.15) is 6.17 Å². The minimum atomic E-state index is -0.0301. The van der Waals surface area contributed by atoms with Gasteiger partial charge in [-0.1, -0.05) is 6.08 Å². The van der Waals surface area contributed by atoms with Gasteiger partial charge in [0.15, 0.2) is 0 Å². The first-order valence-electron chi connectivity index (χ1n) is 3.56. The van der Waals surface area contributed by atoms with Crippen LogP contribution in [0.25, 0.3) is 0 Å². The van der Waals surface area contributed by atoms with Crippen molar-refractivity contribution in [1.82, 2.24) is 10.6 Å². The van der Waals surface area contributed by atoms with E-state index in [-0.39, 0.29) is 12.1 Å². The molecular formula is C8H12N2O. The number of allylic oxidation sites excluding steroid dienone is 2. The maximum atomic E-state index is 10.7. The number of rotatable bonds is 1. The van der Waals surface area contributed by atoms with Gasteiger partial charge in [-0.2, -0.15) is 0 Å². The van der Waals surface area contributed by atoms with Gasteiger partial charge in [0.05, 0.1) is 0 Å². The monoisotopic (exact) mass is 152 g/mol. The van der Waals surface area contributed by atoms with Crippen LogP contribution in [0.15, 0.2) is 23.9 Å². The average molecular weight is 152 g/mol. The molecule has 1 amide bonds. The molecule has 1 aliphatic rings. The van der Waals surface area contributed by atoms with Crippen LogP contribution in [0.4, 0.5) is 0 Å². The van der Waals surface area contributed by atoms with Gasteiger partial charge in [-0.15, -0.1) is 0 Å². The van der Waals surface area contributed by atoms with Crippen LogP contribution in [-0.2, 0) is 4.79 Å². The van der Waals surface area contributed by atoms with Crippen molar-refractivity contribution in [3.8, 4) is 0 Å². The van der Waals surface area contributed by atoms with E-state index in [4.69, 9.17) is 0 Å². The molecule has 0 aromatic rings. The maximum Gasteiger partial charge on any atom is 0.218 e. The van der Waals surface area contributed by atoms with Crippen LogP contribution >= 0.6 is 0 Å². The number of amides is 1. The highest BCUT2D eigenvalue weighted by Gasteiger charge is 2.10. The van der Waals surface area contributed by atoms with Crippen molar-refractivity contribution in [2.24, 2.45) is 0 Å². The van der Waals surface area contributed by atoms with Gasteiger partial charge in [0.25, 0.3) is 0 Å². The molecule has 0 fully saturated rings. The second kappa shape index (κ2) is 3.23. The molecule has 0 aliphatic carbocycles. The molecule has 0 saturated heterocycles. The van der Waals surface area contributed by atoms with Gasteiger partial charge in [0, 0.05) is 6.92 Å². The molecule has 3 nitrogen and oxygen atoms in total. The highest BCUT2D eigenvalue weighted by molar-refractivity contribution is 5.73. The van der Waals surface area contributed by atoms with E-state index in [0.717, 1.165) is 5.57 Å². The lowest BCUT2D eigenvalue weighted by atomic mass is 10.2. The number of dihydropyridines is 1. The van der Waals surface area contributed by atoms with Gasteiger partial charge in [0.2, 0.25) is 5.91 Å². The summed E-state index contributed by atoms with van der Waals surface area (Å²) in [7, 11) is 0. The zero-order valence-electron chi connectivity index (χ0n) is 6.72. The van der Waals surface area contributed by atoms with Crippen molar-refractivity contribution in [2.75, 3.05) is 0 Å². The van der Waals surface area contributed by atoms with Crippen molar-refractivity contribution in [1.29, 1.82) is 0 Å². The summed E-state index contributed by atoms with van der Waals surface area (Å²) in [4.78, 5) is 10.7. The van der Waals surface area contributed by atoms with Crippen LogP contribution in [0.5, 0.6) is 0 Å². The van der Waals surface area contributed by atoms with Crippen LogP contribution in [0.2, 0.25) is 0 Å². The first kappa shape index (κ1) is 7.85. The molecule has 0 radical (unpaired) electrons. The highest BCUT2D eigenvalue weighted by Crippen LogP contribution is 2.02. The maximum absolute atomic E-state index is 10.7. The lowest BCUT2D eigenvalue weighted by molar-refractivity contribution is -0.119. The zero-order valence-corrected chi connectivity index (χ0v) is 6.72. The Kier molecular flexibility index (Phi) is 2.31. The Morgan fingerprint density at radius 1 is 1.73 bits per heavy atom. The standard InChI is InChI=1S/C8H12N2O/c1-6-4-3-5-9-8(6)10-7(2)11/h3-5,8-9H,1-2H3,(H,10,11). The fourth-order valence-corrected chi connectivity index (χ4v) is 0.938. The van der Waals surface area contributed by atoms with E-state index in [9.17, 15) is 4.79 Å². The Balaban J connectivity index is 2.54. The normalized spacial score (nSPS) is 22.0. The van der Waals surface area contributed by atoms with Crippen LogP contribution in [0.3, 0.4) is 0 Å². The third-order valence-corrected chi connectivity index (χ3v) is 1.52. The Labute approximate surface area is 66.2 Å². The molecular weight excluding hydrogens is 140 g/mol. The topological polar surface area (TPSA) is 41.1 Å². The van der Waals surface area contributed by atoms with Gasteiger partial charge in [-0.25, -0.2) is 0 Å². The number of carbonyl (C=O) groups excluding carboxylic acids is 1. The lowest BCUT2D eigenvalue weighted by Gasteiger charge is -2.21. The van der Waals surface area contributed by atoms with Crippen molar-refractivity contribution >= 4 is 5.91 Å². The van der Waals surface area contributed by atoms with E-state index in [2.05, 4.69) is 10.6 Å². The van der Waals surface area contributed by atoms with Crippen molar-refractivity contribution < 1.29 is 4.79 Å². The molecule has 0 aromatic heterocycles. The molecule has 0 spiro atoms. The molecule has 1 aliphatic heterocycles. The summed E-state index contributed by atoms with van der Waals surface area (Å²) in [5.41, 5.74) is 1.11. The summed E-state index contributed by atoms with van der Waals surface area (Å²) in [6.45, 7) is 3.48. The lowest BCUT2D eigenvalue weighted by Crippen LogP contribution is -2.43. The van der Waals surface area contributed by atoms with E-state index in [1.165, 1.54) is 6.92 Å². The largest absolute Gasteiger partial charge is 0.368 e. The van der Waals surface area contributed by atoms with Gasteiger partial charge < -0.3 is 10.6 Å². The van der Waals surface area contributed by atoms with Crippen molar-refractivity contribution in [3.63, 3.8) is 0 Å². The predicted octanol–water partition coefficient (Wildman–Crippen LogP) is 0.512. The summed E-state index contributed by atoms with van der Waals surface area (Å²) in [5, 5.41) is 5.78. The second-order valence-electron chi connectivity index (χ2n) is 2.57. The van der Waals surface area contributed by atoms with Crippen molar-refractivity contribution in [2.45, 2.75) is 20.0 Å². The molecule has 1 heterocycles. The first-order chi connectivity index (χ1) is 5.20. The quantitative estimate of drug-likeness (QED) is 0.575. The van der Waals surface area contributed by atoms with Gasteiger partial charge in [-0.3, -0.25) is 4.79 Å². The molecule has 3 heteroatoms. The second-order valence-corrected chi connectivity index (χ2v) is 2.57. The third kappa shape index (κ3) is 2.11. The molecule has 0 aromatic carbocycles. The number of nitrogens with one attached hydrogen (secondary N) is 2. The molecule has 1 atom stereocenters. The SMILES string of the molecule is CC(=O)NC1NC=CC=C1C. The Hall–Kier alpha value is -1.25. The van der Waals surface area contributed by atoms with E-state index < -0.39 is 0 Å². The van der Waals surface area contributed by atoms with E-state index in [0.29, 0.717) is 0 Å². The Bertz CT molecular complexity index is 218. The Morgan fingerprint density at radius 3 is 3.00 bits per heavy atom. The van der Waals surface area contributed by atoms with Crippen LogP contribution in [-0.4, -0.2) is 12.1 Å². The number of hydrogen-bond acceptors (Lipinski definition) is 2. The predicted molar refractivity (Wildman–Crippen MR) is 43.6 cm³/mol. The van der Waals surface area contributed by atoms with Gasteiger partial charge in [-0.05, 0) is 24.8 Å². The molecule has 1 unspecified atom stereocenters. The molecule has 0 bridgehead atoms. The van der Waals surface area contributed by atoms with E-state index >= 15 is 0 Å². The number of hydrogen-bond donors (Lipinski definition) is 2. The van der Waals surface area contributed by atoms with E-state index in [1.807, 2.05) is 25.3 Å². The van der Waals surface area contributed by atoms with Crippen LogP contribution < -0.4 is 10.6 Å². The summed E-state index contributed by atoms with van der Waals surface area (Å²) < 4.78 is 0. The highest BCUT2D eigenvalue weighted by atomic mass is 16.1. The summed E-state index contributed by atoms with van der Waals surface area (Å²) in [5.74, 6) is -0.0226. The Morgan fingerprint density at radius 2 is 2.45 bits per heavy atom. The zero-order chi connectivity index (χ0) is 8.27. The van der Waals surface area contributed by atoms with Crippen LogP contribution in [0, 0.1) is 0 Å². The smallest absolute Gasteiger partial charge is 0.218 e. The summed E-state index contributed by atoms with van der Waals surface area (Å²) >= 11 is 0. The average Bonchev–Trinajstić information content (AvgIpc) is 1.93. The fourth-order valence-electron chi connectivity index (χ4n) is 0.938. The molecule has 0 saturated carbocycles. The third-order valence-electron chi connectivity index (χ3n) is 1.52. The molecule has 1 rings (SSSR count). The molecule has 2 N–H and O–H groups in total. The van der Waals surface area contributed by atoms with Crippen LogP contribution in [0.1, 0.15) is 13.8 Å². The minimum absolute atomic E-state index is 0.0226. The fraction of sp³-hybridized carbons (Fsp3) is 0.375. The van der Waals surface area contributed by atoms with E-state index in [1.54, 1.807) is 0 Å². The molecule has 60 valence electrons. The first-order valence-corrected chi connectivity index (χ1v) is 3.56. The summed E-state index contributed by atoms with van der Waals surface area (Å²) in [6.07, 6.45) is 5.66. The van der Waals surface area contributed by atoms with Crippen molar-refractivity contribution in [3.05, 3.63) is 23.9 Å². The molecule has 11 heavy (non-hydrogen) atoms. The number of carbonyl (C=O) groups is 1. The minimum Gasteiger partial charge on any atom is -0.368 e. The van der Waals surface area contributed by atoms with Gasteiger partial charge >= 0.3 is 0 Å².